The molecule has 2 aromatic carbocycles. The van der Waals surface area contributed by atoms with E-state index in [2.05, 4.69) is 24.5 Å². The standard InChI is InChI=1S/C26H34N4O3/c1-3-14-29(15-4-2)25(32)22-10-12-23(13-11-22)28-26(33)27-18-20-7-5-8-21(17-20)19-30-16-6-9-24(30)31/h5,7-8,10-13,17H,3-4,6,9,14-16,18-19H2,1-2H3,(H2,27,28,33). The summed E-state index contributed by atoms with van der Waals surface area (Å²) >= 11 is 0. The molecule has 1 aliphatic heterocycles. The lowest BCUT2D eigenvalue weighted by molar-refractivity contribution is -0.128. The molecule has 1 saturated heterocycles. The Hall–Kier alpha value is -3.35. The number of anilines is 1. The molecule has 0 aliphatic carbocycles. The maximum atomic E-state index is 12.7. The average molecular weight is 451 g/mol. The van der Waals surface area contributed by atoms with Crippen molar-refractivity contribution in [1.82, 2.24) is 15.1 Å². The molecule has 0 aromatic heterocycles. The lowest BCUT2D eigenvalue weighted by Gasteiger charge is -2.21. The first kappa shape index (κ1) is 24.3. The van der Waals surface area contributed by atoms with Crippen molar-refractivity contribution in [2.75, 3.05) is 25.0 Å². The lowest BCUT2D eigenvalue weighted by Crippen LogP contribution is -2.32. The number of benzene rings is 2. The van der Waals surface area contributed by atoms with Gasteiger partial charge in [0.25, 0.3) is 5.91 Å². The van der Waals surface area contributed by atoms with E-state index >= 15 is 0 Å². The van der Waals surface area contributed by atoms with Crippen molar-refractivity contribution >= 4 is 23.5 Å². The quantitative estimate of drug-likeness (QED) is 0.563. The van der Waals surface area contributed by atoms with Crippen LogP contribution in [-0.2, 0) is 17.9 Å². The summed E-state index contributed by atoms with van der Waals surface area (Å²) in [5, 5.41) is 5.67. The molecule has 176 valence electrons. The number of hydrogen-bond donors (Lipinski definition) is 2. The zero-order chi connectivity index (χ0) is 23.6. The first-order valence-corrected chi connectivity index (χ1v) is 11.8. The molecule has 0 spiro atoms. The van der Waals surface area contributed by atoms with Crippen LogP contribution in [-0.4, -0.2) is 47.3 Å². The van der Waals surface area contributed by atoms with E-state index in [1.54, 1.807) is 24.3 Å². The minimum absolute atomic E-state index is 0.0187. The average Bonchev–Trinajstić information content (AvgIpc) is 3.22. The second-order valence-corrected chi connectivity index (χ2v) is 8.42. The first-order chi connectivity index (χ1) is 16.0. The number of carbonyl (C=O) groups is 3. The van der Waals surface area contributed by atoms with Crippen molar-refractivity contribution in [2.24, 2.45) is 0 Å². The molecule has 7 heteroatoms. The summed E-state index contributed by atoms with van der Waals surface area (Å²) in [5.41, 5.74) is 3.28. The molecule has 0 bridgehead atoms. The van der Waals surface area contributed by atoms with Crippen molar-refractivity contribution in [3.05, 3.63) is 65.2 Å². The zero-order valence-corrected chi connectivity index (χ0v) is 19.6. The summed E-state index contributed by atoms with van der Waals surface area (Å²) in [7, 11) is 0. The largest absolute Gasteiger partial charge is 0.339 e. The van der Waals surface area contributed by atoms with E-state index in [9.17, 15) is 14.4 Å². The molecule has 3 rings (SSSR count). The normalized spacial score (nSPS) is 13.2. The smallest absolute Gasteiger partial charge is 0.319 e. The molecule has 4 amide bonds. The van der Waals surface area contributed by atoms with Gasteiger partial charge in [0.1, 0.15) is 0 Å². The number of rotatable bonds is 10. The van der Waals surface area contributed by atoms with Crippen molar-refractivity contribution < 1.29 is 14.4 Å². The van der Waals surface area contributed by atoms with Gasteiger partial charge in [0, 0.05) is 50.4 Å². The zero-order valence-electron chi connectivity index (χ0n) is 19.6. The van der Waals surface area contributed by atoms with E-state index in [-0.39, 0.29) is 17.8 Å². The minimum Gasteiger partial charge on any atom is -0.339 e. The van der Waals surface area contributed by atoms with Crippen molar-refractivity contribution in [1.29, 1.82) is 0 Å². The van der Waals surface area contributed by atoms with E-state index in [1.165, 1.54) is 0 Å². The monoisotopic (exact) mass is 450 g/mol. The molecule has 7 nitrogen and oxygen atoms in total. The second-order valence-electron chi connectivity index (χ2n) is 8.42. The summed E-state index contributed by atoms with van der Waals surface area (Å²) in [6.45, 7) is 7.41. The van der Waals surface area contributed by atoms with Gasteiger partial charge >= 0.3 is 6.03 Å². The molecule has 2 aromatic rings. The van der Waals surface area contributed by atoms with Crippen LogP contribution in [0, 0.1) is 0 Å². The number of nitrogens with zero attached hydrogens (tertiary/aromatic N) is 2. The highest BCUT2D eigenvalue weighted by molar-refractivity contribution is 5.95. The molecule has 33 heavy (non-hydrogen) atoms. The Balaban J connectivity index is 1.50. The van der Waals surface area contributed by atoms with Gasteiger partial charge in [-0.3, -0.25) is 9.59 Å². The molecule has 1 aliphatic rings. The highest BCUT2D eigenvalue weighted by Gasteiger charge is 2.20. The van der Waals surface area contributed by atoms with Gasteiger partial charge in [-0.05, 0) is 54.7 Å². The fourth-order valence-corrected chi connectivity index (χ4v) is 4.02. The Morgan fingerprint density at radius 1 is 1.00 bits per heavy atom. The predicted octanol–water partition coefficient (Wildman–Crippen LogP) is 4.39. The Kier molecular flexibility index (Phi) is 8.87. The Morgan fingerprint density at radius 3 is 2.33 bits per heavy atom. The summed E-state index contributed by atoms with van der Waals surface area (Å²) in [6.07, 6.45) is 3.40. The number of likely N-dealkylation sites (tertiary alicyclic amines) is 1. The van der Waals surface area contributed by atoms with Gasteiger partial charge in [-0.15, -0.1) is 0 Å². The highest BCUT2D eigenvalue weighted by Crippen LogP contribution is 2.16. The fourth-order valence-electron chi connectivity index (χ4n) is 4.02. The predicted molar refractivity (Wildman–Crippen MR) is 130 cm³/mol. The SMILES string of the molecule is CCCN(CCC)C(=O)c1ccc(NC(=O)NCc2cccc(CN3CCCC3=O)c2)cc1. The van der Waals surface area contributed by atoms with Gasteiger partial charge in [-0.1, -0.05) is 38.1 Å². The number of amides is 4. The van der Waals surface area contributed by atoms with E-state index in [4.69, 9.17) is 0 Å². The summed E-state index contributed by atoms with van der Waals surface area (Å²) in [6, 6.07) is 14.6. The third kappa shape index (κ3) is 7.07. The number of urea groups is 1. The lowest BCUT2D eigenvalue weighted by atomic mass is 10.1. The van der Waals surface area contributed by atoms with Crippen molar-refractivity contribution in [2.45, 2.75) is 52.6 Å². The van der Waals surface area contributed by atoms with Crippen LogP contribution in [0.2, 0.25) is 0 Å². The number of nitrogens with one attached hydrogen (secondary N) is 2. The van der Waals surface area contributed by atoms with Gasteiger partial charge in [0.15, 0.2) is 0 Å². The molecular formula is C26H34N4O3. The van der Waals surface area contributed by atoms with Crippen LogP contribution in [0.3, 0.4) is 0 Å². The molecule has 0 unspecified atom stereocenters. The van der Waals surface area contributed by atoms with Gasteiger partial charge in [0.05, 0.1) is 0 Å². The van der Waals surface area contributed by atoms with Crippen LogP contribution in [0.5, 0.6) is 0 Å². The van der Waals surface area contributed by atoms with Crippen molar-refractivity contribution in [3.8, 4) is 0 Å². The van der Waals surface area contributed by atoms with E-state index < -0.39 is 0 Å². The molecule has 0 saturated carbocycles. The van der Waals surface area contributed by atoms with Crippen LogP contribution < -0.4 is 10.6 Å². The second kappa shape index (κ2) is 12.0. The number of hydrogen-bond acceptors (Lipinski definition) is 3. The van der Waals surface area contributed by atoms with Crippen LogP contribution in [0.25, 0.3) is 0 Å². The minimum atomic E-state index is -0.312. The number of carbonyl (C=O) groups excluding carboxylic acids is 3. The van der Waals surface area contributed by atoms with Gasteiger partial charge < -0.3 is 20.4 Å². The van der Waals surface area contributed by atoms with Crippen LogP contribution in [0.15, 0.2) is 48.5 Å². The first-order valence-electron chi connectivity index (χ1n) is 11.8. The van der Waals surface area contributed by atoms with Gasteiger partial charge in [0.2, 0.25) is 5.91 Å². The van der Waals surface area contributed by atoms with E-state index in [1.807, 2.05) is 34.1 Å². The molecule has 0 radical (unpaired) electrons. The Labute approximate surface area is 196 Å². The van der Waals surface area contributed by atoms with E-state index in [0.29, 0.717) is 30.8 Å². The maximum absolute atomic E-state index is 12.7. The maximum Gasteiger partial charge on any atom is 0.319 e. The van der Waals surface area contributed by atoms with E-state index in [0.717, 1.165) is 50.0 Å². The third-order valence-electron chi connectivity index (χ3n) is 5.65. The van der Waals surface area contributed by atoms with Gasteiger partial charge in [-0.2, -0.15) is 0 Å². The Morgan fingerprint density at radius 2 is 1.70 bits per heavy atom. The van der Waals surface area contributed by atoms with Gasteiger partial charge in [-0.25, -0.2) is 4.79 Å². The van der Waals surface area contributed by atoms with Crippen LogP contribution >= 0.6 is 0 Å². The van der Waals surface area contributed by atoms with Crippen LogP contribution in [0.4, 0.5) is 10.5 Å². The molecule has 2 N–H and O–H groups in total. The summed E-state index contributed by atoms with van der Waals surface area (Å²) < 4.78 is 0. The molecular weight excluding hydrogens is 416 g/mol. The molecule has 0 atom stereocenters. The molecule has 1 fully saturated rings. The topological polar surface area (TPSA) is 81.8 Å². The third-order valence-corrected chi connectivity index (χ3v) is 5.65. The fraction of sp³-hybridized carbons (Fsp3) is 0.423. The van der Waals surface area contributed by atoms with Crippen LogP contribution in [0.1, 0.15) is 61.0 Å². The Bertz CT molecular complexity index is 952. The van der Waals surface area contributed by atoms with Crippen molar-refractivity contribution in [3.63, 3.8) is 0 Å². The molecule has 1 heterocycles. The summed E-state index contributed by atoms with van der Waals surface area (Å²) in [4.78, 5) is 40.6. The highest BCUT2D eigenvalue weighted by atomic mass is 16.2. The summed E-state index contributed by atoms with van der Waals surface area (Å²) in [5.74, 6) is 0.222.